The van der Waals surface area contributed by atoms with Crippen molar-refractivity contribution in [2.75, 3.05) is 5.32 Å². The number of aromatic nitrogens is 4. The number of hydrogen-bond donors (Lipinski definition) is 1. The van der Waals surface area contributed by atoms with Crippen molar-refractivity contribution in [1.82, 2.24) is 19.6 Å². The second-order valence-electron chi connectivity index (χ2n) is 7.90. The Morgan fingerprint density at radius 1 is 0.941 bits per heavy atom. The predicted octanol–water partition coefficient (Wildman–Crippen LogP) is 5.61. The van der Waals surface area contributed by atoms with Crippen LogP contribution in [-0.4, -0.2) is 25.5 Å². The molecule has 3 aromatic heterocycles. The number of anilines is 1. The molecule has 168 valence electrons. The first-order valence-corrected chi connectivity index (χ1v) is 10.5. The van der Waals surface area contributed by atoms with Gasteiger partial charge in [0.25, 0.3) is 5.91 Å². The van der Waals surface area contributed by atoms with Crippen LogP contribution in [0.25, 0.3) is 28.0 Å². The van der Waals surface area contributed by atoms with Crippen LogP contribution in [0.4, 0.5) is 14.5 Å². The van der Waals surface area contributed by atoms with Crippen LogP contribution in [-0.2, 0) is 0 Å². The monoisotopic (exact) mass is 455 g/mol. The van der Waals surface area contributed by atoms with E-state index in [1.165, 1.54) is 29.0 Å². The van der Waals surface area contributed by atoms with E-state index in [1.807, 2.05) is 31.2 Å². The maximum absolute atomic E-state index is 14.4. The second-order valence-corrected chi connectivity index (χ2v) is 7.90. The first-order valence-electron chi connectivity index (χ1n) is 10.5. The summed E-state index contributed by atoms with van der Waals surface area (Å²) in [5, 5.41) is 7.17. The zero-order chi connectivity index (χ0) is 23.8. The van der Waals surface area contributed by atoms with E-state index in [0.29, 0.717) is 33.6 Å². The molecule has 3 heterocycles. The Hall–Kier alpha value is -4.46. The highest BCUT2D eigenvalue weighted by Gasteiger charge is 2.18. The molecule has 1 amide bonds. The highest BCUT2D eigenvalue weighted by atomic mass is 19.2. The van der Waals surface area contributed by atoms with Crippen LogP contribution in [0.1, 0.15) is 21.6 Å². The Bertz CT molecular complexity index is 1540. The lowest BCUT2D eigenvalue weighted by Crippen LogP contribution is -2.14. The van der Waals surface area contributed by atoms with Gasteiger partial charge in [-0.15, -0.1) is 0 Å². The van der Waals surface area contributed by atoms with Crippen molar-refractivity contribution in [2.45, 2.75) is 13.8 Å². The third kappa shape index (κ3) is 3.79. The molecule has 0 aliphatic carbocycles. The average molecular weight is 455 g/mol. The molecular weight excluding hydrogens is 436 g/mol. The van der Waals surface area contributed by atoms with Gasteiger partial charge in [0.2, 0.25) is 0 Å². The first kappa shape index (κ1) is 21.4. The fraction of sp³-hybridized carbons (Fsp3) is 0.0769. The molecule has 0 aliphatic heterocycles. The molecule has 2 aromatic carbocycles. The molecule has 0 fully saturated rings. The highest BCUT2D eigenvalue weighted by molar-refractivity contribution is 6.05. The molecule has 0 atom stereocenters. The van der Waals surface area contributed by atoms with E-state index >= 15 is 0 Å². The van der Waals surface area contributed by atoms with Crippen LogP contribution in [0.2, 0.25) is 0 Å². The maximum atomic E-state index is 14.4. The van der Waals surface area contributed by atoms with E-state index in [4.69, 9.17) is 0 Å². The Balaban J connectivity index is 1.55. The molecule has 5 rings (SSSR count). The number of hydrogen-bond acceptors (Lipinski definition) is 4. The number of carbonyl (C=O) groups excluding carboxylic acids is 1. The van der Waals surface area contributed by atoms with Gasteiger partial charge in [0, 0.05) is 29.2 Å². The Kier molecular flexibility index (Phi) is 5.33. The molecule has 0 unspecified atom stereocenters. The summed E-state index contributed by atoms with van der Waals surface area (Å²) in [6.45, 7) is 3.74. The standard InChI is InChI=1S/C26H19F2N5O/c1-15-6-8-18(9-7-15)32-26(34)21-12-17(13-29-16(21)2)19-10-11-31-33-23(19)14-30-25(33)20-4-3-5-22(27)24(20)28/h3-14H,1-2H3,(H,32,34). The summed E-state index contributed by atoms with van der Waals surface area (Å²) in [5.74, 6) is -2.06. The third-order valence-electron chi connectivity index (χ3n) is 5.58. The van der Waals surface area contributed by atoms with E-state index in [9.17, 15) is 13.6 Å². The van der Waals surface area contributed by atoms with Crippen molar-refractivity contribution in [1.29, 1.82) is 0 Å². The molecule has 8 heteroatoms. The van der Waals surface area contributed by atoms with Crippen molar-refractivity contribution in [3.63, 3.8) is 0 Å². The quantitative estimate of drug-likeness (QED) is 0.383. The molecule has 5 aromatic rings. The van der Waals surface area contributed by atoms with Gasteiger partial charge in [0.1, 0.15) is 0 Å². The number of halogens is 2. The van der Waals surface area contributed by atoms with Crippen molar-refractivity contribution < 1.29 is 13.6 Å². The number of carbonyl (C=O) groups is 1. The molecule has 1 N–H and O–H groups in total. The van der Waals surface area contributed by atoms with Gasteiger partial charge < -0.3 is 5.32 Å². The average Bonchev–Trinajstić information content (AvgIpc) is 3.27. The number of amides is 1. The van der Waals surface area contributed by atoms with Gasteiger partial charge >= 0.3 is 0 Å². The number of nitrogens with one attached hydrogen (secondary N) is 1. The molecule has 0 saturated carbocycles. The summed E-state index contributed by atoms with van der Waals surface area (Å²) in [6, 6.07) is 14.9. The lowest BCUT2D eigenvalue weighted by atomic mass is 10.0. The second kappa shape index (κ2) is 8.47. The summed E-state index contributed by atoms with van der Waals surface area (Å²) in [7, 11) is 0. The zero-order valence-electron chi connectivity index (χ0n) is 18.4. The molecule has 0 saturated heterocycles. The van der Waals surface area contributed by atoms with Gasteiger partial charge in [0.15, 0.2) is 17.5 Å². The number of rotatable bonds is 4. The Labute approximate surface area is 193 Å². The summed E-state index contributed by atoms with van der Waals surface area (Å²) in [4.78, 5) is 21.7. The SMILES string of the molecule is Cc1ccc(NC(=O)c2cc(-c3ccnn4c(-c5cccc(F)c5F)ncc34)cnc2C)cc1. The summed E-state index contributed by atoms with van der Waals surface area (Å²) < 4.78 is 29.6. The van der Waals surface area contributed by atoms with Gasteiger partial charge in [0.05, 0.1) is 28.5 Å². The van der Waals surface area contributed by atoms with E-state index in [1.54, 1.807) is 25.3 Å². The third-order valence-corrected chi connectivity index (χ3v) is 5.58. The molecule has 0 aliphatic rings. The number of pyridine rings is 1. The number of fused-ring (bicyclic) bond motifs is 1. The predicted molar refractivity (Wildman–Crippen MR) is 125 cm³/mol. The van der Waals surface area contributed by atoms with Gasteiger partial charge in [-0.2, -0.15) is 5.10 Å². The minimum absolute atomic E-state index is 0.00449. The van der Waals surface area contributed by atoms with E-state index < -0.39 is 11.6 Å². The minimum Gasteiger partial charge on any atom is -0.322 e. The lowest BCUT2D eigenvalue weighted by Gasteiger charge is -2.11. The molecule has 6 nitrogen and oxygen atoms in total. The molecule has 0 bridgehead atoms. The van der Waals surface area contributed by atoms with Crippen molar-refractivity contribution in [3.05, 3.63) is 102 Å². The smallest absolute Gasteiger partial charge is 0.257 e. The molecule has 0 radical (unpaired) electrons. The number of nitrogens with zero attached hydrogens (tertiary/aromatic N) is 4. The largest absolute Gasteiger partial charge is 0.322 e. The number of aryl methyl sites for hydroxylation is 2. The summed E-state index contributed by atoms with van der Waals surface area (Å²) in [5.41, 5.74) is 4.71. The fourth-order valence-electron chi connectivity index (χ4n) is 3.76. The molecular formula is C26H19F2N5O. The normalized spacial score (nSPS) is 11.1. The lowest BCUT2D eigenvalue weighted by molar-refractivity contribution is 0.102. The Morgan fingerprint density at radius 2 is 1.74 bits per heavy atom. The topological polar surface area (TPSA) is 72.2 Å². The van der Waals surface area contributed by atoms with Gasteiger partial charge in [-0.25, -0.2) is 18.3 Å². The molecule has 0 spiro atoms. The van der Waals surface area contributed by atoms with E-state index in [0.717, 1.165) is 11.6 Å². The van der Waals surface area contributed by atoms with E-state index in [-0.39, 0.29) is 17.3 Å². The van der Waals surface area contributed by atoms with Crippen LogP contribution in [0, 0.1) is 25.5 Å². The minimum atomic E-state index is -0.991. The van der Waals surface area contributed by atoms with E-state index in [2.05, 4.69) is 20.4 Å². The van der Waals surface area contributed by atoms with Crippen molar-refractivity contribution >= 4 is 17.1 Å². The zero-order valence-corrected chi connectivity index (χ0v) is 18.4. The summed E-state index contributed by atoms with van der Waals surface area (Å²) in [6.07, 6.45) is 4.73. The van der Waals surface area contributed by atoms with Gasteiger partial charge in [-0.3, -0.25) is 9.78 Å². The Morgan fingerprint density at radius 3 is 2.53 bits per heavy atom. The van der Waals surface area contributed by atoms with Crippen LogP contribution >= 0.6 is 0 Å². The van der Waals surface area contributed by atoms with Crippen LogP contribution in [0.5, 0.6) is 0 Å². The van der Waals surface area contributed by atoms with Crippen LogP contribution in [0.15, 0.2) is 73.2 Å². The van der Waals surface area contributed by atoms with Gasteiger partial charge in [-0.1, -0.05) is 23.8 Å². The van der Waals surface area contributed by atoms with Gasteiger partial charge in [-0.05, 0) is 50.2 Å². The first-order chi connectivity index (χ1) is 16.4. The van der Waals surface area contributed by atoms with Crippen molar-refractivity contribution in [2.24, 2.45) is 0 Å². The molecule has 34 heavy (non-hydrogen) atoms. The maximum Gasteiger partial charge on any atom is 0.257 e. The van der Waals surface area contributed by atoms with Crippen LogP contribution in [0.3, 0.4) is 0 Å². The number of benzene rings is 2. The van der Waals surface area contributed by atoms with Crippen molar-refractivity contribution in [3.8, 4) is 22.5 Å². The fourth-order valence-corrected chi connectivity index (χ4v) is 3.76. The number of imidazole rings is 1. The summed E-state index contributed by atoms with van der Waals surface area (Å²) >= 11 is 0. The van der Waals surface area contributed by atoms with Crippen LogP contribution < -0.4 is 5.32 Å². The highest BCUT2D eigenvalue weighted by Crippen LogP contribution is 2.30.